The maximum absolute atomic E-state index is 12.5. The third kappa shape index (κ3) is 33.6. The molecule has 123 heavy (non-hydrogen) atoms. The number of ether oxygens (including phenoxy) is 7. The summed E-state index contributed by atoms with van der Waals surface area (Å²) in [5.41, 5.74) is 4.00. The highest BCUT2D eigenvalue weighted by molar-refractivity contribution is 7.15. The van der Waals surface area contributed by atoms with E-state index in [1.54, 1.807) is 66.8 Å². The number of aryl methyl sites for hydroxylation is 7. The predicted octanol–water partition coefficient (Wildman–Crippen LogP) is 23.6. The zero-order chi connectivity index (χ0) is 89.7. The monoisotopic (exact) mass is 1920 g/mol. The standard InChI is InChI=1S/C23H28Cl2O4S.C23H26Cl2O4S.C23H25ClO4S.C21H21ClO5S.C2H3N.CH2Cl2/c2*1-3-14-9-15(24)11-16(10-14)29-13-19-18(20(25)12-21(19)26)6-4-5-17-7-8-22(30-17)23(27)28-2;1-3-15-11-17(24)13-18(12-15)28-14-20-16(7-9-21(20)25)5-4-6-19-8-10-22(29-19)23(26)27-2;22-15-8-13(11-23)9-16(10-15)27-12-18-14(4-6-19(18)24)2-1-3-17-5-7-20(28-17)21(25)26;1-2-3;2-1-3/h7-11,18-21,26H,3-6,12-13H2,1-2H3;7-11,18-20H,3-6,12-13H2,1-2H3;7-13,16,20H,3-6,14H2,1-2H3;4-10,14,18,23H,1-3,11-12H2,(H,25,26);1H3;1H2/t18?,19-,20-,21-;18?,19-,20-;16?,20-;14?,18-;;/m1111../s1. The lowest BCUT2D eigenvalue weighted by Crippen LogP contribution is -2.27. The molecule has 4 aromatic carbocycles. The third-order valence-electron chi connectivity index (χ3n) is 21.3. The fraction of sp³-hybridized carbons (Fsp3) is 0.441. The van der Waals surface area contributed by atoms with Gasteiger partial charge in [-0.25, -0.2) is 19.2 Å². The largest absolute Gasteiger partial charge is 0.493 e. The number of aliphatic hydroxyl groups is 2. The minimum Gasteiger partial charge on any atom is -0.493 e. The van der Waals surface area contributed by atoms with Crippen LogP contribution in [0.4, 0.5) is 0 Å². The van der Waals surface area contributed by atoms with Gasteiger partial charge < -0.3 is 48.5 Å². The number of Topliss-reactive ketones (excluding diaryl/α,β-unsaturated/α-hetero) is 1. The average Bonchev–Trinajstić information content (AvgIpc) is 1.68. The summed E-state index contributed by atoms with van der Waals surface area (Å²) in [6, 6.07) is 38.7. The molecular formula is C93H105Cl8NO17S4. The van der Waals surface area contributed by atoms with Gasteiger partial charge in [-0.15, -0.1) is 91.8 Å². The number of carbonyl (C=O) groups excluding carboxylic acids is 6. The van der Waals surface area contributed by atoms with Crippen LogP contribution in [-0.4, -0.2) is 127 Å². The highest BCUT2D eigenvalue weighted by atomic mass is 35.5. The third-order valence-corrected chi connectivity index (χ3v) is 27.6. The molecule has 0 bridgehead atoms. The Hall–Kier alpha value is -7.02. The zero-order valence-corrected chi connectivity index (χ0v) is 78.9. The van der Waals surface area contributed by atoms with E-state index < -0.39 is 12.1 Å². The van der Waals surface area contributed by atoms with Gasteiger partial charge in [0, 0.05) is 69.6 Å². The number of aliphatic hydroxyl groups excluding tert-OH is 2. The Bertz CT molecular complexity index is 4840. The summed E-state index contributed by atoms with van der Waals surface area (Å²) < 4.78 is 38.0. The van der Waals surface area contributed by atoms with Crippen molar-refractivity contribution < 1.29 is 82.0 Å². The first kappa shape index (κ1) is 103. The highest BCUT2D eigenvalue weighted by Crippen LogP contribution is 2.42. The molecule has 4 heterocycles. The molecule has 11 atom stereocenters. The van der Waals surface area contributed by atoms with E-state index in [-0.39, 0.29) is 112 Å². The fourth-order valence-electron chi connectivity index (χ4n) is 14.8. The molecule has 0 radical (unpaired) electrons. The second-order valence-electron chi connectivity index (χ2n) is 29.5. The van der Waals surface area contributed by atoms with Gasteiger partial charge in [0.05, 0.1) is 89.6 Å². The number of carboxylic acid groups (broad SMARTS) is 1. The van der Waals surface area contributed by atoms with Crippen molar-refractivity contribution in [2.24, 2.45) is 47.3 Å². The van der Waals surface area contributed by atoms with E-state index >= 15 is 0 Å². The lowest BCUT2D eigenvalue weighted by molar-refractivity contribution is -0.122. The molecule has 4 aliphatic rings. The summed E-state index contributed by atoms with van der Waals surface area (Å²) >= 11 is 52.8. The van der Waals surface area contributed by atoms with Gasteiger partial charge in [0.2, 0.25) is 0 Å². The molecule has 4 aliphatic carbocycles. The summed E-state index contributed by atoms with van der Waals surface area (Å²) in [4.78, 5) is 89.4. The summed E-state index contributed by atoms with van der Waals surface area (Å²) in [6.07, 6.45) is 20.9. The van der Waals surface area contributed by atoms with Gasteiger partial charge in [0.1, 0.15) is 48.3 Å². The first-order valence-electron chi connectivity index (χ1n) is 40.6. The Morgan fingerprint density at radius 1 is 0.463 bits per heavy atom. The summed E-state index contributed by atoms with van der Waals surface area (Å²) in [6.45, 7) is 8.85. The number of benzene rings is 4. The topological polar surface area (TPSA) is 269 Å². The van der Waals surface area contributed by atoms with E-state index in [0.29, 0.717) is 95.1 Å². The molecule has 0 spiro atoms. The Balaban J connectivity index is 0.000000220. The number of hydrogen-bond donors (Lipinski definition) is 3. The number of hydrogen-bond acceptors (Lipinski definition) is 21. The number of nitriles is 1. The van der Waals surface area contributed by atoms with E-state index in [4.69, 9.17) is 136 Å². The number of thiophene rings is 4. The Kier molecular flexibility index (Phi) is 45.4. The van der Waals surface area contributed by atoms with Crippen molar-refractivity contribution in [3.63, 3.8) is 0 Å². The molecule has 4 unspecified atom stereocenters. The molecule has 3 N–H and O–H groups in total. The van der Waals surface area contributed by atoms with Crippen LogP contribution in [0, 0.1) is 58.7 Å². The Morgan fingerprint density at radius 2 is 0.789 bits per heavy atom. The molecule has 664 valence electrons. The number of nitrogens with zero attached hydrogens (tertiary/aromatic N) is 1. The highest BCUT2D eigenvalue weighted by Gasteiger charge is 2.43. The smallest absolute Gasteiger partial charge is 0.348 e. The molecule has 2 saturated carbocycles. The van der Waals surface area contributed by atoms with Gasteiger partial charge >= 0.3 is 23.9 Å². The Morgan fingerprint density at radius 3 is 1.14 bits per heavy atom. The maximum Gasteiger partial charge on any atom is 0.348 e. The first-order valence-corrected chi connectivity index (χ1v) is 47.3. The van der Waals surface area contributed by atoms with Crippen molar-refractivity contribution >= 4 is 179 Å². The second kappa shape index (κ2) is 54.2. The van der Waals surface area contributed by atoms with Crippen LogP contribution in [0.25, 0.3) is 0 Å². The average molecular weight is 1920 g/mol. The summed E-state index contributed by atoms with van der Waals surface area (Å²) in [5.74, 6) is 1.15. The van der Waals surface area contributed by atoms with Crippen molar-refractivity contribution in [2.45, 2.75) is 160 Å². The van der Waals surface area contributed by atoms with Crippen LogP contribution >= 0.6 is 138 Å². The molecule has 4 aromatic heterocycles. The number of rotatable bonds is 36. The molecule has 18 nitrogen and oxygen atoms in total. The lowest BCUT2D eigenvalue weighted by Gasteiger charge is -2.24. The molecule has 0 aliphatic heterocycles. The van der Waals surface area contributed by atoms with Crippen molar-refractivity contribution in [1.29, 1.82) is 5.26 Å². The quantitative estimate of drug-likeness (QED) is 0.0187. The molecule has 0 amide bonds. The number of esters is 3. The van der Waals surface area contributed by atoms with Crippen LogP contribution in [0.2, 0.25) is 20.1 Å². The van der Waals surface area contributed by atoms with E-state index in [1.165, 1.54) is 73.6 Å². The summed E-state index contributed by atoms with van der Waals surface area (Å²) in [5, 5.41) is 38.5. The minimum atomic E-state index is -0.900. The SMILES string of the molecule is CC#N.CCc1cc(Cl)cc(OC[C@@H]2C(CCCc3ccc(C(=O)OC)s3)[C@H](Cl)C[C@H]2O)c1.CCc1cc(Cl)cc(OC[C@H]2C(=O)C=CC2CCCc2ccc(C(=O)OC)s2)c1.CCc1cc(Cl)cc(OC[C@H]2C(=O)C[C@@H](Cl)C2CCCc2ccc(C(=O)OC)s2)c1.ClCCl.O=C(O)c1ccc(CCCC2C=CC(=O)[C@@H]2COc2cc(Cl)cc(CO)c2)s1. The van der Waals surface area contributed by atoms with E-state index in [1.807, 2.05) is 84.9 Å². The molecule has 8 aromatic rings. The fourth-order valence-corrected chi connectivity index (χ4v) is 20.6. The second-order valence-corrected chi connectivity index (χ2v) is 37.9. The van der Waals surface area contributed by atoms with Crippen LogP contribution in [0.3, 0.4) is 0 Å². The van der Waals surface area contributed by atoms with Crippen molar-refractivity contribution in [2.75, 3.05) is 53.1 Å². The van der Waals surface area contributed by atoms with Crippen LogP contribution in [0.15, 0.2) is 146 Å². The molecule has 30 heteroatoms. The van der Waals surface area contributed by atoms with E-state index in [0.717, 1.165) is 138 Å². The van der Waals surface area contributed by atoms with E-state index in [9.17, 15) is 43.8 Å². The number of methoxy groups -OCH3 is 3. The number of carboxylic acids is 1. The normalized spacial score (nSPS) is 19.6. The van der Waals surface area contributed by atoms with E-state index in [2.05, 4.69) is 20.8 Å². The van der Waals surface area contributed by atoms with Crippen molar-refractivity contribution in [3.8, 4) is 29.1 Å². The van der Waals surface area contributed by atoms with Gasteiger partial charge in [0.15, 0.2) is 11.6 Å². The molecular weight excluding hydrogens is 1810 g/mol. The molecule has 12 rings (SSSR count). The van der Waals surface area contributed by atoms with Crippen molar-refractivity contribution in [3.05, 3.63) is 227 Å². The van der Waals surface area contributed by atoms with Gasteiger partial charge in [-0.3, -0.25) is 14.4 Å². The maximum atomic E-state index is 12.5. The predicted molar refractivity (Wildman–Crippen MR) is 495 cm³/mol. The van der Waals surface area contributed by atoms with Gasteiger partial charge in [-0.05, 0) is 282 Å². The van der Waals surface area contributed by atoms with Crippen LogP contribution in [0.5, 0.6) is 23.0 Å². The van der Waals surface area contributed by atoms with Crippen LogP contribution in [0.1, 0.15) is 172 Å². The first-order chi connectivity index (χ1) is 59.1. The zero-order valence-electron chi connectivity index (χ0n) is 69.6. The number of carbonyl (C=O) groups is 7. The van der Waals surface area contributed by atoms with Crippen LogP contribution < -0.4 is 18.9 Å². The summed E-state index contributed by atoms with van der Waals surface area (Å²) in [7, 11) is 4.16. The van der Waals surface area contributed by atoms with Crippen LogP contribution in [-0.2, 0) is 80.1 Å². The van der Waals surface area contributed by atoms with Gasteiger partial charge in [-0.2, -0.15) is 5.26 Å². The van der Waals surface area contributed by atoms with Gasteiger partial charge in [-0.1, -0.05) is 79.3 Å². The number of ketones is 3. The Labute approximate surface area is 776 Å². The number of allylic oxidation sites excluding steroid dienone is 4. The molecule has 0 saturated heterocycles. The molecule has 2 fully saturated rings. The minimum absolute atomic E-state index is 0.00877. The number of alkyl halides is 4. The van der Waals surface area contributed by atoms with Gasteiger partial charge in [0.25, 0.3) is 0 Å². The lowest BCUT2D eigenvalue weighted by atomic mass is 9.90. The number of aromatic carboxylic acids is 1. The van der Waals surface area contributed by atoms with Crippen molar-refractivity contribution in [1.82, 2.24) is 0 Å². The number of halogens is 8.